The van der Waals surface area contributed by atoms with Crippen LogP contribution >= 0.6 is 0 Å². The molecule has 0 fully saturated rings. The van der Waals surface area contributed by atoms with Gasteiger partial charge in [0.2, 0.25) is 0 Å². The van der Waals surface area contributed by atoms with Crippen LogP contribution in [0.4, 0.5) is 11.4 Å². The number of amides is 2. The highest BCUT2D eigenvalue weighted by Crippen LogP contribution is 2.24. The molecule has 2 aromatic rings. The molecule has 0 unspecified atom stereocenters. The maximum Gasteiger partial charge on any atom is 0.250 e. The molecule has 0 atom stereocenters. The first kappa shape index (κ1) is 13.4. The molecule has 0 aliphatic carbocycles. The summed E-state index contributed by atoms with van der Waals surface area (Å²) in [4.78, 5) is 22.5. The molecule has 100 valence electrons. The van der Waals surface area contributed by atoms with Crippen molar-refractivity contribution in [1.82, 2.24) is 0 Å². The Bertz CT molecular complexity index is 636. The van der Waals surface area contributed by atoms with Crippen molar-refractivity contribution in [2.75, 3.05) is 0 Å². The first-order valence-electron chi connectivity index (χ1n) is 5.79. The van der Waals surface area contributed by atoms with Gasteiger partial charge in [0.15, 0.2) is 0 Å². The fourth-order valence-electron chi connectivity index (χ4n) is 1.65. The van der Waals surface area contributed by atoms with Crippen LogP contribution < -0.4 is 11.5 Å². The zero-order chi connectivity index (χ0) is 14.5. The summed E-state index contributed by atoms with van der Waals surface area (Å²) in [7, 11) is 0. The molecule has 6 nitrogen and oxygen atoms in total. The van der Waals surface area contributed by atoms with Crippen molar-refractivity contribution in [2.24, 2.45) is 21.7 Å². The number of azo groups is 1. The molecule has 0 bridgehead atoms. The van der Waals surface area contributed by atoms with Gasteiger partial charge in [-0.2, -0.15) is 0 Å². The Hall–Kier alpha value is -3.02. The minimum absolute atomic E-state index is 0.257. The lowest BCUT2D eigenvalue weighted by Gasteiger charge is -2.01. The lowest BCUT2D eigenvalue weighted by atomic mass is 10.1. The number of nitrogens with zero attached hydrogens (tertiary/aromatic N) is 2. The number of rotatable bonds is 4. The summed E-state index contributed by atoms with van der Waals surface area (Å²) >= 11 is 0. The zero-order valence-electron chi connectivity index (χ0n) is 10.5. The Morgan fingerprint density at radius 2 is 1.05 bits per heavy atom. The number of benzene rings is 2. The molecule has 2 aromatic carbocycles. The van der Waals surface area contributed by atoms with E-state index in [2.05, 4.69) is 10.2 Å². The van der Waals surface area contributed by atoms with Crippen molar-refractivity contribution in [1.29, 1.82) is 0 Å². The van der Waals surface area contributed by atoms with Gasteiger partial charge in [0, 0.05) is 0 Å². The summed E-state index contributed by atoms with van der Waals surface area (Å²) in [5, 5.41) is 7.91. The van der Waals surface area contributed by atoms with E-state index in [0.29, 0.717) is 11.4 Å². The molecule has 0 aliphatic rings. The van der Waals surface area contributed by atoms with Crippen LogP contribution in [0.3, 0.4) is 0 Å². The van der Waals surface area contributed by atoms with Gasteiger partial charge in [0.25, 0.3) is 11.8 Å². The van der Waals surface area contributed by atoms with E-state index in [1.54, 1.807) is 48.5 Å². The summed E-state index contributed by atoms with van der Waals surface area (Å²) in [6, 6.07) is 13.1. The molecule has 0 saturated heterocycles. The monoisotopic (exact) mass is 268 g/mol. The average Bonchev–Trinajstić information content (AvgIpc) is 2.45. The van der Waals surface area contributed by atoms with E-state index in [-0.39, 0.29) is 11.1 Å². The van der Waals surface area contributed by atoms with E-state index in [9.17, 15) is 9.59 Å². The Morgan fingerprint density at radius 3 is 1.40 bits per heavy atom. The van der Waals surface area contributed by atoms with Crippen LogP contribution in [0.1, 0.15) is 20.7 Å². The number of hydrogen-bond acceptors (Lipinski definition) is 4. The topological polar surface area (TPSA) is 111 Å². The van der Waals surface area contributed by atoms with Crippen molar-refractivity contribution < 1.29 is 9.59 Å². The summed E-state index contributed by atoms with van der Waals surface area (Å²) in [5.41, 5.74) is 11.7. The molecule has 0 spiro atoms. The summed E-state index contributed by atoms with van der Waals surface area (Å²) in [6.45, 7) is 0. The van der Waals surface area contributed by atoms with E-state index in [0.717, 1.165) is 0 Å². The molecule has 4 N–H and O–H groups in total. The van der Waals surface area contributed by atoms with Crippen molar-refractivity contribution in [3.8, 4) is 0 Å². The van der Waals surface area contributed by atoms with Crippen molar-refractivity contribution in [3.05, 3.63) is 59.7 Å². The fourth-order valence-corrected chi connectivity index (χ4v) is 1.65. The van der Waals surface area contributed by atoms with E-state index >= 15 is 0 Å². The van der Waals surface area contributed by atoms with Gasteiger partial charge in [0.1, 0.15) is 0 Å². The van der Waals surface area contributed by atoms with Crippen molar-refractivity contribution >= 4 is 23.2 Å². The Labute approximate surface area is 115 Å². The summed E-state index contributed by atoms with van der Waals surface area (Å²) in [6.07, 6.45) is 0. The molecular weight excluding hydrogens is 256 g/mol. The molecule has 0 saturated carbocycles. The van der Waals surface area contributed by atoms with Gasteiger partial charge in [0.05, 0.1) is 22.5 Å². The number of carbonyl (C=O) groups is 2. The maximum absolute atomic E-state index is 11.3. The average molecular weight is 268 g/mol. The first-order valence-corrected chi connectivity index (χ1v) is 5.79. The van der Waals surface area contributed by atoms with Gasteiger partial charge in [-0.1, -0.05) is 24.3 Å². The zero-order valence-corrected chi connectivity index (χ0v) is 10.5. The van der Waals surface area contributed by atoms with Gasteiger partial charge >= 0.3 is 0 Å². The van der Waals surface area contributed by atoms with Gasteiger partial charge < -0.3 is 11.5 Å². The molecule has 0 aromatic heterocycles. The lowest BCUT2D eigenvalue weighted by Crippen LogP contribution is -2.11. The normalized spacial score (nSPS) is 10.6. The highest BCUT2D eigenvalue weighted by Gasteiger charge is 2.08. The quantitative estimate of drug-likeness (QED) is 0.829. The number of nitrogens with two attached hydrogens (primary N) is 2. The second kappa shape index (κ2) is 5.75. The minimum atomic E-state index is -0.595. The highest BCUT2D eigenvalue weighted by molar-refractivity contribution is 5.98. The second-order valence-electron chi connectivity index (χ2n) is 3.96. The Balaban J connectivity index is 2.40. The van der Waals surface area contributed by atoms with E-state index < -0.39 is 11.8 Å². The predicted molar refractivity (Wildman–Crippen MR) is 74.1 cm³/mol. The van der Waals surface area contributed by atoms with Crippen molar-refractivity contribution in [3.63, 3.8) is 0 Å². The van der Waals surface area contributed by atoms with Crippen molar-refractivity contribution in [2.45, 2.75) is 0 Å². The van der Waals surface area contributed by atoms with Crippen LogP contribution in [0, 0.1) is 0 Å². The molecule has 20 heavy (non-hydrogen) atoms. The highest BCUT2D eigenvalue weighted by atomic mass is 16.1. The van der Waals surface area contributed by atoms with Crippen LogP contribution in [0.2, 0.25) is 0 Å². The molecule has 0 heterocycles. The largest absolute Gasteiger partial charge is 0.366 e. The molecule has 0 aliphatic heterocycles. The van der Waals surface area contributed by atoms with Crippen LogP contribution in [0.25, 0.3) is 0 Å². The van der Waals surface area contributed by atoms with Gasteiger partial charge in [-0.15, -0.1) is 10.2 Å². The summed E-state index contributed by atoms with van der Waals surface area (Å²) < 4.78 is 0. The Morgan fingerprint density at radius 1 is 0.700 bits per heavy atom. The molecular formula is C14H12N4O2. The second-order valence-corrected chi connectivity index (χ2v) is 3.96. The van der Waals surface area contributed by atoms with E-state index in [4.69, 9.17) is 11.5 Å². The molecule has 6 heteroatoms. The first-order chi connectivity index (χ1) is 9.59. The summed E-state index contributed by atoms with van der Waals surface area (Å²) in [5.74, 6) is -1.19. The smallest absolute Gasteiger partial charge is 0.250 e. The minimum Gasteiger partial charge on any atom is -0.366 e. The van der Waals surface area contributed by atoms with E-state index in [1.807, 2.05) is 0 Å². The molecule has 2 rings (SSSR count). The third-order valence-corrected chi connectivity index (χ3v) is 2.60. The predicted octanol–water partition coefficient (Wildman–Crippen LogP) is 2.30. The fraction of sp³-hybridized carbons (Fsp3) is 0. The third kappa shape index (κ3) is 2.86. The van der Waals surface area contributed by atoms with Gasteiger partial charge in [-0.25, -0.2) is 0 Å². The van der Waals surface area contributed by atoms with Crippen LogP contribution in [0.5, 0.6) is 0 Å². The van der Waals surface area contributed by atoms with Crippen LogP contribution in [-0.4, -0.2) is 11.8 Å². The molecule has 0 radical (unpaired) electrons. The molecule has 2 amide bonds. The van der Waals surface area contributed by atoms with Gasteiger partial charge in [-0.3, -0.25) is 9.59 Å². The number of primary amides is 2. The maximum atomic E-state index is 11.3. The SMILES string of the molecule is NC(=O)c1ccccc1/N=N/c1ccccc1C(N)=O. The van der Waals surface area contributed by atoms with Crippen LogP contribution in [0.15, 0.2) is 58.8 Å². The van der Waals surface area contributed by atoms with Gasteiger partial charge in [-0.05, 0) is 24.3 Å². The number of carbonyl (C=O) groups excluding carboxylic acids is 2. The Kier molecular flexibility index (Phi) is 3.85. The standard InChI is InChI=1S/C14H12N4O2/c15-13(19)9-5-1-3-7-11(9)17-18-12-8-4-2-6-10(12)14(16)20/h1-8H,(H2,15,19)(H2,16,20)/b18-17+. The lowest BCUT2D eigenvalue weighted by molar-refractivity contribution is 0.0992. The third-order valence-electron chi connectivity index (χ3n) is 2.60. The van der Waals surface area contributed by atoms with Crippen LogP contribution in [-0.2, 0) is 0 Å². The number of hydrogen-bond donors (Lipinski definition) is 2. The van der Waals surface area contributed by atoms with E-state index in [1.165, 1.54) is 0 Å².